The van der Waals surface area contributed by atoms with Gasteiger partial charge in [0, 0.05) is 37.3 Å². The SMILES string of the molecule is C=C(/C=C\C)n1c(N2CCNCC2)c(C(N)=O)c2ccccc21. The summed E-state index contributed by atoms with van der Waals surface area (Å²) in [7, 11) is 0. The van der Waals surface area contributed by atoms with Gasteiger partial charge >= 0.3 is 0 Å². The van der Waals surface area contributed by atoms with Crippen LogP contribution in [0.3, 0.4) is 0 Å². The molecule has 1 aromatic carbocycles. The third-order valence-corrected chi connectivity index (χ3v) is 4.16. The Kier molecular flexibility index (Phi) is 4.21. The average Bonchev–Trinajstić information content (AvgIpc) is 2.91. The van der Waals surface area contributed by atoms with Crippen molar-refractivity contribution < 1.29 is 4.79 Å². The van der Waals surface area contributed by atoms with Crippen LogP contribution in [0.2, 0.25) is 0 Å². The first-order valence-electron chi connectivity index (χ1n) is 7.86. The summed E-state index contributed by atoms with van der Waals surface area (Å²) < 4.78 is 2.04. The van der Waals surface area contributed by atoms with Gasteiger partial charge in [-0.05, 0) is 19.1 Å². The molecule has 0 atom stereocenters. The Morgan fingerprint density at radius 1 is 1.30 bits per heavy atom. The Bertz CT molecular complexity index is 782. The van der Waals surface area contributed by atoms with E-state index in [1.807, 2.05) is 47.9 Å². The molecular formula is C18H22N4O. The van der Waals surface area contributed by atoms with Crippen molar-refractivity contribution in [3.8, 4) is 0 Å². The number of nitrogens with one attached hydrogen (secondary N) is 1. The number of fused-ring (bicyclic) bond motifs is 1. The number of para-hydroxylation sites is 1. The summed E-state index contributed by atoms with van der Waals surface area (Å²) in [6, 6.07) is 7.84. The molecule has 1 fully saturated rings. The first-order valence-corrected chi connectivity index (χ1v) is 7.86. The summed E-state index contributed by atoms with van der Waals surface area (Å²) in [6.07, 6.45) is 3.89. The zero-order chi connectivity index (χ0) is 16.4. The van der Waals surface area contributed by atoms with Crippen LogP contribution in [-0.2, 0) is 0 Å². The predicted octanol–water partition coefficient (Wildman–Crippen LogP) is 2.20. The molecule has 1 aromatic heterocycles. The molecule has 0 unspecified atom stereocenters. The van der Waals surface area contributed by atoms with E-state index in [0.717, 1.165) is 48.6 Å². The maximum Gasteiger partial charge on any atom is 0.253 e. The highest BCUT2D eigenvalue weighted by molar-refractivity contribution is 6.12. The molecule has 3 rings (SSSR count). The van der Waals surface area contributed by atoms with Crippen LogP contribution in [0, 0.1) is 0 Å². The van der Waals surface area contributed by atoms with Gasteiger partial charge in [-0.1, -0.05) is 30.9 Å². The molecule has 1 saturated heterocycles. The molecule has 0 spiro atoms. The lowest BCUT2D eigenvalue weighted by Gasteiger charge is -2.31. The van der Waals surface area contributed by atoms with Crippen molar-refractivity contribution >= 4 is 28.3 Å². The normalized spacial score (nSPS) is 15.4. The second-order valence-electron chi connectivity index (χ2n) is 5.64. The van der Waals surface area contributed by atoms with Crippen molar-refractivity contribution in [2.24, 2.45) is 5.73 Å². The number of nitrogens with zero attached hydrogens (tertiary/aromatic N) is 2. The van der Waals surface area contributed by atoms with Gasteiger partial charge in [0.15, 0.2) is 0 Å². The maximum atomic E-state index is 12.2. The number of primary amides is 1. The van der Waals surface area contributed by atoms with Crippen molar-refractivity contribution in [3.63, 3.8) is 0 Å². The van der Waals surface area contributed by atoms with E-state index in [0.29, 0.717) is 5.56 Å². The van der Waals surface area contributed by atoms with Crippen molar-refractivity contribution in [2.75, 3.05) is 31.1 Å². The predicted molar refractivity (Wildman–Crippen MR) is 95.7 cm³/mol. The Balaban J connectivity index is 2.32. The van der Waals surface area contributed by atoms with Crippen LogP contribution in [0.5, 0.6) is 0 Å². The lowest BCUT2D eigenvalue weighted by molar-refractivity contribution is 0.100. The number of aromatic nitrogens is 1. The summed E-state index contributed by atoms with van der Waals surface area (Å²) in [5.41, 5.74) is 8.09. The largest absolute Gasteiger partial charge is 0.365 e. The first kappa shape index (κ1) is 15.4. The molecule has 1 amide bonds. The minimum absolute atomic E-state index is 0.401. The van der Waals surface area contributed by atoms with E-state index in [-0.39, 0.29) is 0 Å². The smallest absolute Gasteiger partial charge is 0.253 e. The summed E-state index contributed by atoms with van der Waals surface area (Å²) in [6.45, 7) is 9.57. The summed E-state index contributed by atoms with van der Waals surface area (Å²) in [5.74, 6) is 0.449. The quantitative estimate of drug-likeness (QED) is 0.851. The molecule has 2 aromatic rings. The van der Waals surface area contributed by atoms with Crippen LogP contribution in [0.1, 0.15) is 17.3 Å². The Morgan fingerprint density at radius 3 is 2.65 bits per heavy atom. The minimum Gasteiger partial charge on any atom is -0.365 e. The number of hydrogen-bond donors (Lipinski definition) is 2. The van der Waals surface area contributed by atoms with Crippen LogP contribution >= 0.6 is 0 Å². The van der Waals surface area contributed by atoms with Gasteiger partial charge in [0.1, 0.15) is 5.82 Å². The first-order chi connectivity index (χ1) is 11.1. The van der Waals surface area contributed by atoms with Crippen LogP contribution in [0.4, 0.5) is 5.82 Å². The number of rotatable bonds is 4. The molecule has 5 heteroatoms. The number of nitrogens with two attached hydrogens (primary N) is 1. The van der Waals surface area contributed by atoms with E-state index in [4.69, 9.17) is 5.73 Å². The van der Waals surface area contributed by atoms with Crippen LogP contribution in [0.25, 0.3) is 16.6 Å². The highest BCUT2D eigenvalue weighted by Crippen LogP contribution is 2.35. The monoisotopic (exact) mass is 310 g/mol. The van der Waals surface area contributed by atoms with Gasteiger partial charge in [0.25, 0.3) is 5.91 Å². The standard InChI is InChI=1S/C18H22N4O/c1-3-6-13(2)22-15-8-5-4-7-14(15)16(17(19)23)18(22)21-11-9-20-10-12-21/h3-8,20H,2,9-12H2,1H3,(H2,19,23)/b6-3-. The molecule has 0 radical (unpaired) electrons. The third kappa shape index (κ3) is 2.64. The maximum absolute atomic E-state index is 12.2. The number of anilines is 1. The molecule has 0 saturated carbocycles. The van der Waals surface area contributed by atoms with E-state index >= 15 is 0 Å². The van der Waals surface area contributed by atoms with Gasteiger partial charge in [0.2, 0.25) is 0 Å². The molecule has 2 heterocycles. The lowest BCUT2D eigenvalue weighted by atomic mass is 10.1. The fourth-order valence-corrected chi connectivity index (χ4v) is 3.20. The number of hydrogen-bond acceptors (Lipinski definition) is 3. The number of allylic oxidation sites excluding steroid dienone is 3. The van der Waals surface area contributed by atoms with Crippen LogP contribution in [-0.4, -0.2) is 36.7 Å². The topological polar surface area (TPSA) is 63.3 Å². The van der Waals surface area contributed by atoms with Gasteiger partial charge in [0.05, 0.1) is 11.1 Å². The Hall–Kier alpha value is -2.53. The molecule has 1 aliphatic heterocycles. The molecule has 3 N–H and O–H groups in total. The second-order valence-corrected chi connectivity index (χ2v) is 5.64. The van der Waals surface area contributed by atoms with Gasteiger partial charge in [-0.15, -0.1) is 0 Å². The Labute approximate surface area is 136 Å². The van der Waals surface area contributed by atoms with Crippen molar-refractivity contribution in [1.82, 2.24) is 9.88 Å². The fraction of sp³-hybridized carbons (Fsp3) is 0.278. The lowest BCUT2D eigenvalue weighted by Crippen LogP contribution is -2.45. The molecule has 1 aliphatic rings. The van der Waals surface area contributed by atoms with Gasteiger partial charge in [-0.2, -0.15) is 0 Å². The highest BCUT2D eigenvalue weighted by atomic mass is 16.1. The van der Waals surface area contributed by atoms with Gasteiger partial charge in [-0.25, -0.2) is 0 Å². The zero-order valence-electron chi connectivity index (χ0n) is 13.4. The van der Waals surface area contributed by atoms with Crippen molar-refractivity contribution in [3.05, 3.63) is 48.6 Å². The number of carbonyl (C=O) groups is 1. The molecule has 5 nitrogen and oxygen atoms in total. The van der Waals surface area contributed by atoms with Gasteiger partial charge in [-0.3, -0.25) is 9.36 Å². The third-order valence-electron chi connectivity index (χ3n) is 4.16. The van der Waals surface area contributed by atoms with Gasteiger partial charge < -0.3 is 16.0 Å². The van der Waals surface area contributed by atoms with E-state index in [1.165, 1.54) is 0 Å². The molecule has 23 heavy (non-hydrogen) atoms. The van der Waals surface area contributed by atoms with E-state index in [1.54, 1.807) is 0 Å². The molecule has 0 aliphatic carbocycles. The number of carbonyl (C=O) groups excluding carboxylic acids is 1. The van der Waals surface area contributed by atoms with E-state index in [2.05, 4.69) is 16.8 Å². The highest BCUT2D eigenvalue weighted by Gasteiger charge is 2.26. The molecular weight excluding hydrogens is 288 g/mol. The summed E-state index contributed by atoms with van der Waals surface area (Å²) in [5, 5.41) is 4.21. The average molecular weight is 310 g/mol. The van der Waals surface area contributed by atoms with E-state index in [9.17, 15) is 4.79 Å². The fourth-order valence-electron chi connectivity index (χ4n) is 3.20. The number of amides is 1. The summed E-state index contributed by atoms with van der Waals surface area (Å²) in [4.78, 5) is 14.4. The second kappa shape index (κ2) is 6.30. The zero-order valence-corrected chi connectivity index (χ0v) is 13.4. The van der Waals surface area contributed by atoms with Crippen LogP contribution < -0.4 is 16.0 Å². The Morgan fingerprint density at radius 2 is 2.00 bits per heavy atom. The van der Waals surface area contributed by atoms with E-state index < -0.39 is 5.91 Å². The van der Waals surface area contributed by atoms with Crippen molar-refractivity contribution in [2.45, 2.75) is 6.92 Å². The minimum atomic E-state index is -0.401. The number of piperazine rings is 1. The van der Waals surface area contributed by atoms with Crippen LogP contribution in [0.15, 0.2) is 43.0 Å². The summed E-state index contributed by atoms with van der Waals surface area (Å²) >= 11 is 0. The molecule has 120 valence electrons. The number of benzene rings is 1. The van der Waals surface area contributed by atoms with Crippen molar-refractivity contribution in [1.29, 1.82) is 0 Å². The molecule has 0 bridgehead atoms.